The molecule has 0 saturated heterocycles. The van der Waals surface area contributed by atoms with Gasteiger partial charge in [-0.3, -0.25) is 4.79 Å². The number of carbonyl (C=O) groups excluding carboxylic acids is 1. The average molecular weight is 306 g/mol. The predicted octanol–water partition coefficient (Wildman–Crippen LogP) is 2.99. The summed E-state index contributed by atoms with van der Waals surface area (Å²) < 4.78 is 0.769. The lowest BCUT2D eigenvalue weighted by Gasteiger charge is -2.07. The number of aryl methyl sites for hydroxylation is 1. The van der Waals surface area contributed by atoms with E-state index in [0.29, 0.717) is 17.1 Å². The maximum absolute atomic E-state index is 12.0. The van der Waals surface area contributed by atoms with Gasteiger partial charge in [0.1, 0.15) is 5.82 Å². The van der Waals surface area contributed by atoms with E-state index in [0.717, 1.165) is 10.0 Å². The summed E-state index contributed by atoms with van der Waals surface area (Å²) in [5, 5.41) is 2.75. The van der Waals surface area contributed by atoms with Crippen LogP contribution in [0.15, 0.2) is 41.0 Å². The Kier molecular flexibility index (Phi) is 3.62. The van der Waals surface area contributed by atoms with Gasteiger partial charge >= 0.3 is 0 Å². The molecule has 0 saturated carbocycles. The zero-order valence-corrected chi connectivity index (χ0v) is 11.4. The molecule has 1 amide bonds. The SMILES string of the molecule is Cc1cccnc1NC(=O)c1cc(N)cc(Br)c1. The molecule has 0 aliphatic carbocycles. The van der Waals surface area contributed by atoms with Crippen LogP contribution in [0, 0.1) is 6.92 Å². The van der Waals surface area contributed by atoms with Crippen LogP contribution >= 0.6 is 15.9 Å². The van der Waals surface area contributed by atoms with E-state index in [9.17, 15) is 4.79 Å². The highest BCUT2D eigenvalue weighted by molar-refractivity contribution is 9.10. The number of aromatic nitrogens is 1. The zero-order valence-electron chi connectivity index (χ0n) is 9.77. The van der Waals surface area contributed by atoms with Crippen LogP contribution in [0.2, 0.25) is 0 Å². The highest BCUT2D eigenvalue weighted by Gasteiger charge is 2.09. The van der Waals surface area contributed by atoms with Crippen LogP contribution in [0.1, 0.15) is 15.9 Å². The zero-order chi connectivity index (χ0) is 13.1. The second-order valence-electron chi connectivity index (χ2n) is 3.90. The third kappa shape index (κ3) is 2.87. The van der Waals surface area contributed by atoms with Gasteiger partial charge in [-0.15, -0.1) is 0 Å². The van der Waals surface area contributed by atoms with Crippen molar-refractivity contribution >= 4 is 33.3 Å². The monoisotopic (exact) mass is 305 g/mol. The summed E-state index contributed by atoms with van der Waals surface area (Å²) in [5.74, 6) is 0.325. The summed E-state index contributed by atoms with van der Waals surface area (Å²) in [6.45, 7) is 1.89. The number of anilines is 2. The van der Waals surface area contributed by atoms with Crippen LogP contribution in [-0.4, -0.2) is 10.9 Å². The molecule has 92 valence electrons. The minimum Gasteiger partial charge on any atom is -0.399 e. The second-order valence-corrected chi connectivity index (χ2v) is 4.81. The molecule has 2 rings (SSSR count). The van der Waals surface area contributed by atoms with Gasteiger partial charge in [-0.25, -0.2) is 4.98 Å². The number of pyridine rings is 1. The van der Waals surface area contributed by atoms with Crippen molar-refractivity contribution in [2.75, 3.05) is 11.1 Å². The van der Waals surface area contributed by atoms with E-state index in [4.69, 9.17) is 5.73 Å². The molecule has 0 aliphatic heterocycles. The highest BCUT2D eigenvalue weighted by Crippen LogP contribution is 2.18. The number of nitrogens with one attached hydrogen (secondary N) is 1. The van der Waals surface area contributed by atoms with Crippen molar-refractivity contribution in [2.24, 2.45) is 0 Å². The Morgan fingerprint density at radius 3 is 2.83 bits per heavy atom. The fourth-order valence-corrected chi connectivity index (χ4v) is 2.05. The van der Waals surface area contributed by atoms with Gasteiger partial charge in [0, 0.05) is 21.9 Å². The molecule has 0 fully saturated rings. The lowest BCUT2D eigenvalue weighted by Crippen LogP contribution is -2.14. The van der Waals surface area contributed by atoms with Crippen LogP contribution in [0.25, 0.3) is 0 Å². The van der Waals surface area contributed by atoms with Crippen molar-refractivity contribution in [1.82, 2.24) is 4.98 Å². The Morgan fingerprint density at radius 2 is 2.17 bits per heavy atom. The number of amides is 1. The number of nitrogen functional groups attached to an aromatic ring is 1. The summed E-state index contributed by atoms with van der Waals surface area (Å²) in [4.78, 5) is 16.2. The average Bonchev–Trinajstić information content (AvgIpc) is 2.31. The van der Waals surface area contributed by atoms with Crippen molar-refractivity contribution < 1.29 is 4.79 Å². The normalized spacial score (nSPS) is 10.1. The molecule has 0 atom stereocenters. The molecule has 3 N–H and O–H groups in total. The van der Waals surface area contributed by atoms with E-state index in [1.165, 1.54) is 0 Å². The number of nitrogens with zero attached hydrogens (tertiary/aromatic N) is 1. The summed E-state index contributed by atoms with van der Waals surface area (Å²) in [7, 11) is 0. The summed E-state index contributed by atoms with van der Waals surface area (Å²) in [5.41, 5.74) is 7.63. The molecule has 5 heteroatoms. The van der Waals surface area contributed by atoms with Gasteiger partial charge in [0.05, 0.1) is 0 Å². The van der Waals surface area contributed by atoms with E-state index in [2.05, 4.69) is 26.2 Å². The van der Waals surface area contributed by atoms with Crippen LogP contribution in [-0.2, 0) is 0 Å². The number of halogens is 1. The molecule has 0 unspecified atom stereocenters. The lowest BCUT2D eigenvalue weighted by atomic mass is 10.2. The molecular formula is C13H12BrN3O. The second kappa shape index (κ2) is 5.18. The number of nitrogens with two attached hydrogens (primary N) is 1. The largest absolute Gasteiger partial charge is 0.399 e. The Morgan fingerprint density at radius 1 is 1.39 bits per heavy atom. The van der Waals surface area contributed by atoms with Gasteiger partial charge in [0.15, 0.2) is 0 Å². The molecule has 18 heavy (non-hydrogen) atoms. The third-order valence-corrected chi connectivity index (χ3v) is 2.88. The lowest BCUT2D eigenvalue weighted by molar-refractivity contribution is 0.102. The molecule has 1 heterocycles. The van der Waals surface area contributed by atoms with Gasteiger partial charge in [-0.2, -0.15) is 0 Å². The van der Waals surface area contributed by atoms with E-state index < -0.39 is 0 Å². The van der Waals surface area contributed by atoms with Crippen LogP contribution in [0.4, 0.5) is 11.5 Å². The first-order valence-electron chi connectivity index (χ1n) is 5.35. The maximum atomic E-state index is 12.0. The van der Waals surface area contributed by atoms with Crippen LogP contribution < -0.4 is 11.1 Å². The maximum Gasteiger partial charge on any atom is 0.256 e. The predicted molar refractivity (Wildman–Crippen MR) is 75.5 cm³/mol. The highest BCUT2D eigenvalue weighted by atomic mass is 79.9. The quantitative estimate of drug-likeness (QED) is 0.838. The third-order valence-electron chi connectivity index (χ3n) is 2.42. The number of benzene rings is 1. The number of carbonyl (C=O) groups is 1. The van der Waals surface area contributed by atoms with Crippen LogP contribution in [0.5, 0.6) is 0 Å². The van der Waals surface area contributed by atoms with Crippen molar-refractivity contribution in [2.45, 2.75) is 6.92 Å². The molecule has 4 nitrogen and oxygen atoms in total. The number of hydrogen-bond donors (Lipinski definition) is 2. The fourth-order valence-electron chi connectivity index (χ4n) is 1.54. The molecule has 2 aromatic rings. The first kappa shape index (κ1) is 12.6. The molecule has 0 spiro atoms. The molecule has 1 aromatic heterocycles. The Labute approximate surface area is 113 Å². The molecule has 0 aliphatic rings. The minimum absolute atomic E-state index is 0.232. The van der Waals surface area contributed by atoms with E-state index in [1.807, 2.05) is 19.1 Å². The molecular weight excluding hydrogens is 294 g/mol. The Balaban J connectivity index is 2.25. The van der Waals surface area contributed by atoms with Gasteiger partial charge in [0.2, 0.25) is 0 Å². The van der Waals surface area contributed by atoms with Gasteiger partial charge in [0.25, 0.3) is 5.91 Å². The topological polar surface area (TPSA) is 68.0 Å². The first-order valence-corrected chi connectivity index (χ1v) is 6.14. The molecule has 1 aromatic carbocycles. The number of rotatable bonds is 2. The molecule has 0 radical (unpaired) electrons. The standard InChI is InChI=1S/C13H12BrN3O/c1-8-3-2-4-16-12(8)17-13(18)9-5-10(14)7-11(15)6-9/h2-7H,15H2,1H3,(H,16,17,18). The van der Waals surface area contributed by atoms with Gasteiger partial charge in [-0.1, -0.05) is 22.0 Å². The minimum atomic E-state index is -0.232. The Bertz CT molecular complexity index is 578. The number of hydrogen-bond acceptors (Lipinski definition) is 3. The summed E-state index contributed by atoms with van der Waals surface area (Å²) >= 11 is 3.31. The van der Waals surface area contributed by atoms with Crippen molar-refractivity contribution in [3.8, 4) is 0 Å². The first-order chi connectivity index (χ1) is 8.56. The van der Waals surface area contributed by atoms with E-state index in [1.54, 1.807) is 24.4 Å². The fraction of sp³-hybridized carbons (Fsp3) is 0.0769. The van der Waals surface area contributed by atoms with Crippen molar-refractivity contribution in [1.29, 1.82) is 0 Å². The summed E-state index contributed by atoms with van der Waals surface area (Å²) in [6.07, 6.45) is 1.64. The van der Waals surface area contributed by atoms with E-state index >= 15 is 0 Å². The van der Waals surface area contributed by atoms with Crippen molar-refractivity contribution in [3.05, 3.63) is 52.1 Å². The smallest absolute Gasteiger partial charge is 0.256 e. The van der Waals surface area contributed by atoms with Gasteiger partial charge in [-0.05, 0) is 36.8 Å². The van der Waals surface area contributed by atoms with Gasteiger partial charge < -0.3 is 11.1 Å². The Hall–Kier alpha value is -1.88. The van der Waals surface area contributed by atoms with E-state index in [-0.39, 0.29) is 5.91 Å². The molecule has 0 bridgehead atoms. The van der Waals surface area contributed by atoms with Crippen molar-refractivity contribution in [3.63, 3.8) is 0 Å². The summed E-state index contributed by atoms with van der Waals surface area (Å²) in [6, 6.07) is 8.78. The van der Waals surface area contributed by atoms with Crippen LogP contribution in [0.3, 0.4) is 0 Å².